The van der Waals surface area contributed by atoms with E-state index in [4.69, 9.17) is 10.5 Å². The predicted octanol–water partition coefficient (Wildman–Crippen LogP) is 6.58. The van der Waals surface area contributed by atoms with Gasteiger partial charge in [0.25, 0.3) is 0 Å². The molecule has 1 unspecified atom stereocenters. The summed E-state index contributed by atoms with van der Waals surface area (Å²) in [5.41, 5.74) is 11.3. The lowest BCUT2D eigenvalue weighted by molar-refractivity contribution is -0.121. The number of rotatable bonds is 9. The predicted molar refractivity (Wildman–Crippen MR) is 170 cm³/mol. The number of nitrogens with two attached hydrogens (primary N) is 1. The summed E-state index contributed by atoms with van der Waals surface area (Å²) in [5.74, 6) is 0.900. The van der Waals surface area contributed by atoms with Crippen LogP contribution in [0.25, 0.3) is 0 Å². The van der Waals surface area contributed by atoms with E-state index >= 15 is 0 Å². The molecule has 2 heterocycles. The molecule has 4 rings (SSSR count). The summed E-state index contributed by atoms with van der Waals surface area (Å²) in [6.07, 6.45) is 7.05. The highest BCUT2D eigenvalue weighted by atomic mass is 16.6. The highest BCUT2D eigenvalue weighted by Crippen LogP contribution is 2.22. The number of hydrogen-bond acceptors (Lipinski definition) is 6. The van der Waals surface area contributed by atoms with Crippen molar-refractivity contribution < 1.29 is 14.3 Å². The summed E-state index contributed by atoms with van der Waals surface area (Å²) in [7, 11) is 0. The monoisotopic (exact) mass is 581 g/mol. The van der Waals surface area contributed by atoms with Gasteiger partial charge in [-0.15, -0.1) is 0 Å². The van der Waals surface area contributed by atoms with Crippen molar-refractivity contribution in [2.75, 3.05) is 0 Å². The number of aromatic nitrogens is 2. The minimum absolute atomic E-state index is 0.0353. The van der Waals surface area contributed by atoms with E-state index in [0.29, 0.717) is 24.8 Å². The molecule has 8 heteroatoms. The maximum atomic E-state index is 12.0. The SMILES string of the molecule is CC(C)(C)c1cncc(CNC(=O)Oc2ccccc2)c1.CC(C)c1cncc(CNC(=O)CC(N)c2ccccc2)c1. The number of carbonyl (C=O) groups is 2. The Hall–Kier alpha value is -4.56. The number of hydrogen-bond donors (Lipinski definition) is 3. The van der Waals surface area contributed by atoms with Crippen molar-refractivity contribution in [3.63, 3.8) is 0 Å². The first-order valence-electron chi connectivity index (χ1n) is 14.5. The quantitative estimate of drug-likeness (QED) is 0.205. The van der Waals surface area contributed by atoms with Crippen LogP contribution in [0.4, 0.5) is 4.79 Å². The highest BCUT2D eigenvalue weighted by Gasteiger charge is 2.15. The summed E-state index contributed by atoms with van der Waals surface area (Å²) in [6, 6.07) is 22.5. The Kier molecular flexibility index (Phi) is 12.4. The molecule has 0 saturated heterocycles. The average molecular weight is 582 g/mol. The van der Waals surface area contributed by atoms with Gasteiger partial charge in [0, 0.05) is 50.3 Å². The molecule has 2 aromatic heterocycles. The Morgan fingerprint density at radius 1 is 0.791 bits per heavy atom. The molecule has 0 saturated carbocycles. The van der Waals surface area contributed by atoms with Crippen LogP contribution in [0.2, 0.25) is 0 Å². The summed E-state index contributed by atoms with van der Waals surface area (Å²) in [5, 5.41) is 5.63. The van der Waals surface area contributed by atoms with Gasteiger partial charge in [-0.1, -0.05) is 95.3 Å². The van der Waals surface area contributed by atoms with Crippen LogP contribution in [0, 0.1) is 0 Å². The largest absolute Gasteiger partial charge is 0.412 e. The van der Waals surface area contributed by atoms with Crippen LogP contribution in [0.15, 0.2) is 97.6 Å². The van der Waals surface area contributed by atoms with E-state index in [1.807, 2.05) is 60.9 Å². The number of amides is 2. The number of benzene rings is 2. The maximum absolute atomic E-state index is 12.0. The second-order valence-corrected chi connectivity index (χ2v) is 11.7. The van der Waals surface area contributed by atoms with Crippen LogP contribution in [0.1, 0.15) is 80.8 Å². The lowest BCUT2D eigenvalue weighted by Gasteiger charge is -2.19. The van der Waals surface area contributed by atoms with Crippen LogP contribution in [0.5, 0.6) is 5.75 Å². The molecule has 4 N–H and O–H groups in total. The van der Waals surface area contributed by atoms with Crippen LogP contribution >= 0.6 is 0 Å². The van der Waals surface area contributed by atoms with Crippen molar-refractivity contribution in [2.45, 2.75) is 71.5 Å². The van der Waals surface area contributed by atoms with Gasteiger partial charge in [-0.05, 0) is 51.3 Å². The van der Waals surface area contributed by atoms with Gasteiger partial charge < -0.3 is 21.1 Å². The minimum Gasteiger partial charge on any atom is -0.410 e. The number of nitrogens with zero attached hydrogens (tertiary/aromatic N) is 2. The Bertz CT molecular complexity index is 1440. The molecule has 226 valence electrons. The van der Waals surface area contributed by atoms with E-state index in [1.165, 1.54) is 5.56 Å². The van der Waals surface area contributed by atoms with E-state index in [2.05, 4.69) is 67.4 Å². The molecule has 0 fully saturated rings. The number of ether oxygens (including phenoxy) is 1. The molecular formula is C35H43N5O3. The van der Waals surface area contributed by atoms with Gasteiger partial charge in [-0.3, -0.25) is 14.8 Å². The molecule has 0 bridgehead atoms. The third-order valence-electron chi connectivity index (χ3n) is 6.66. The van der Waals surface area contributed by atoms with Crippen molar-refractivity contribution in [3.05, 3.63) is 125 Å². The van der Waals surface area contributed by atoms with Crippen molar-refractivity contribution in [2.24, 2.45) is 5.73 Å². The zero-order valence-corrected chi connectivity index (χ0v) is 25.7. The number of pyridine rings is 2. The first-order chi connectivity index (χ1) is 20.5. The molecule has 0 radical (unpaired) electrons. The van der Waals surface area contributed by atoms with Gasteiger partial charge in [0.2, 0.25) is 5.91 Å². The van der Waals surface area contributed by atoms with Crippen LogP contribution in [0.3, 0.4) is 0 Å². The van der Waals surface area contributed by atoms with Gasteiger partial charge in [0.1, 0.15) is 5.75 Å². The van der Waals surface area contributed by atoms with Crippen LogP contribution in [-0.2, 0) is 23.3 Å². The van der Waals surface area contributed by atoms with Gasteiger partial charge >= 0.3 is 6.09 Å². The molecule has 2 amide bonds. The Morgan fingerprint density at radius 3 is 2.00 bits per heavy atom. The zero-order valence-electron chi connectivity index (χ0n) is 25.7. The van der Waals surface area contributed by atoms with Crippen molar-refractivity contribution in [3.8, 4) is 5.75 Å². The molecule has 4 aromatic rings. The standard InChI is InChI=1S/C18H23N3O.C17H20N2O2/c1-13(2)16-8-14(10-20-12-16)11-21-18(22)9-17(19)15-6-4-3-5-7-15;1-17(2,3)14-9-13(10-18-12-14)11-19-16(20)21-15-7-5-4-6-8-15/h3-8,10,12-13,17H,9,11,19H2,1-2H3,(H,21,22);4-10,12H,11H2,1-3H3,(H,19,20). The molecular weight excluding hydrogens is 538 g/mol. The molecule has 0 aliphatic rings. The Morgan fingerprint density at radius 2 is 1.37 bits per heavy atom. The fraction of sp³-hybridized carbons (Fsp3) is 0.314. The van der Waals surface area contributed by atoms with Crippen molar-refractivity contribution >= 4 is 12.0 Å². The smallest absolute Gasteiger partial charge is 0.410 e. The van der Waals surface area contributed by atoms with E-state index < -0.39 is 6.09 Å². The number of nitrogens with one attached hydrogen (secondary N) is 2. The van der Waals surface area contributed by atoms with Gasteiger partial charge in [0.15, 0.2) is 0 Å². The van der Waals surface area contributed by atoms with Gasteiger partial charge in [-0.2, -0.15) is 0 Å². The molecule has 0 aliphatic heterocycles. The summed E-state index contributed by atoms with van der Waals surface area (Å²) in [6.45, 7) is 11.5. The fourth-order valence-electron chi connectivity index (χ4n) is 4.01. The second kappa shape index (κ2) is 16.2. The zero-order chi connectivity index (χ0) is 31.2. The van der Waals surface area contributed by atoms with Crippen molar-refractivity contribution in [1.82, 2.24) is 20.6 Å². The van der Waals surface area contributed by atoms with E-state index in [9.17, 15) is 9.59 Å². The van der Waals surface area contributed by atoms with E-state index in [-0.39, 0.29) is 23.8 Å². The summed E-state index contributed by atoms with van der Waals surface area (Å²) >= 11 is 0. The first kappa shape index (κ1) is 32.9. The Labute approximate surface area is 255 Å². The lowest BCUT2D eigenvalue weighted by atomic mass is 9.88. The molecule has 0 aliphatic carbocycles. The molecule has 8 nitrogen and oxygen atoms in total. The fourth-order valence-corrected chi connectivity index (χ4v) is 4.01. The van der Waals surface area contributed by atoms with Crippen molar-refractivity contribution in [1.29, 1.82) is 0 Å². The topological polar surface area (TPSA) is 119 Å². The third kappa shape index (κ3) is 11.7. The minimum atomic E-state index is -0.470. The summed E-state index contributed by atoms with van der Waals surface area (Å²) in [4.78, 5) is 32.2. The number of carbonyl (C=O) groups excluding carboxylic acids is 2. The van der Waals surface area contributed by atoms with E-state index in [0.717, 1.165) is 22.3 Å². The highest BCUT2D eigenvalue weighted by molar-refractivity contribution is 5.76. The Balaban J connectivity index is 0.000000236. The van der Waals surface area contributed by atoms with Crippen LogP contribution < -0.4 is 21.1 Å². The third-order valence-corrected chi connectivity index (χ3v) is 6.66. The van der Waals surface area contributed by atoms with Gasteiger partial charge in [-0.25, -0.2) is 4.79 Å². The number of para-hydroxylation sites is 1. The van der Waals surface area contributed by atoms with E-state index in [1.54, 1.807) is 24.5 Å². The van der Waals surface area contributed by atoms with Crippen LogP contribution in [-0.4, -0.2) is 22.0 Å². The first-order valence-corrected chi connectivity index (χ1v) is 14.5. The molecule has 43 heavy (non-hydrogen) atoms. The summed E-state index contributed by atoms with van der Waals surface area (Å²) < 4.78 is 5.16. The second-order valence-electron chi connectivity index (χ2n) is 11.7. The lowest BCUT2D eigenvalue weighted by Crippen LogP contribution is -2.27. The molecule has 0 spiro atoms. The van der Waals surface area contributed by atoms with Gasteiger partial charge in [0.05, 0.1) is 0 Å². The molecule has 2 aromatic carbocycles. The average Bonchev–Trinajstić information content (AvgIpc) is 3.00. The normalized spacial score (nSPS) is 11.6. The molecule has 1 atom stereocenters. The maximum Gasteiger partial charge on any atom is 0.412 e.